The number of rotatable bonds is 5. The van der Waals surface area contributed by atoms with Crippen molar-refractivity contribution >= 4 is 11.8 Å². The fraction of sp³-hybridized carbons (Fsp3) is 0.667. The molecule has 1 unspecified atom stereocenters. The second-order valence-corrected chi connectivity index (χ2v) is 4.08. The number of carboxylic acid groups (broad SMARTS) is 1. The van der Waals surface area contributed by atoms with E-state index >= 15 is 0 Å². The SMILES string of the molecule is CC/C=C\C[C@H]1C(=O)CCC1CC(=O)O. The second kappa shape index (κ2) is 5.69. The maximum atomic E-state index is 11.5. The van der Waals surface area contributed by atoms with E-state index in [9.17, 15) is 9.59 Å². The molecule has 0 aliphatic heterocycles. The van der Waals surface area contributed by atoms with Crippen LogP contribution in [0.1, 0.15) is 39.0 Å². The molecule has 0 heterocycles. The van der Waals surface area contributed by atoms with Crippen molar-refractivity contribution in [3.8, 4) is 0 Å². The number of carbonyl (C=O) groups excluding carboxylic acids is 1. The molecule has 0 spiro atoms. The van der Waals surface area contributed by atoms with Crippen molar-refractivity contribution < 1.29 is 14.7 Å². The Morgan fingerprint density at radius 1 is 1.53 bits per heavy atom. The van der Waals surface area contributed by atoms with Gasteiger partial charge >= 0.3 is 5.97 Å². The number of Topliss-reactive ketones (excluding diaryl/α,β-unsaturated/α-hetero) is 1. The van der Waals surface area contributed by atoms with Gasteiger partial charge in [-0.1, -0.05) is 19.1 Å². The number of hydrogen-bond acceptors (Lipinski definition) is 2. The lowest BCUT2D eigenvalue weighted by atomic mass is 9.89. The molecule has 0 aromatic rings. The summed E-state index contributed by atoms with van der Waals surface area (Å²) < 4.78 is 0. The molecule has 2 atom stereocenters. The first kappa shape index (κ1) is 12.0. The third-order valence-electron chi connectivity index (χ3n) is 2.97. The van der Waals surface area contributed by atoms with Crippen molar-refractivity contribution in [3.63, 3.8) is 0 Å². The summed E-state index contributed by atoms with van der Waals surface area (Å²) in [5.41, 5.74) is 0. The molecule has 15 heavy (non-hydrogen) atoms. The van der Waals surface area contributed by atoms with Crippen LogP contribution in [0.4, 0.5) is 0 Å². The van der Waals surface area contributed by atoms with E-state index < -0.39 is 5.97 Å². The molecule has 0 radical (unpaired) electrons. The maximum absolute atomic E-state index is 11.5. The average Bonchev–Trinajstić information content (AvgIpc) is 2.49. The van der Waals surface area contributed by atoms with Gasteiger partial charge in [-0.15, -0.1) is 0 Å². The first-order valence-electron chi connectivity index (χ1n) is 5.54. The molecule has 0 saturated heterocycles. The van der Waals surface area contributed by atoms with Gasteiger partial charge in [0.15, 0.2) is 0 Å². The molecule has 1 fully saturated rings. The van der Waals surface area contributed by atoms with Crippen LogP contribution < -0.4 is 0 Å². The lowest BCUT2D eigenvalue weighted by Crippen LogP contribution is -2.17. The first-order valence-corrected chi connectivity index (χ1v) is 5.54. The van der Waals surface area contributed by atoms with E-state index in [4.69, 9.17) is 5.11 Å². The van der Waals surface area contributed by atoms with Gasteiger partial charge in [-0.05, 0) is 25.2 Å². The summed E-state index contributed by atoms with van der Waals surface area (Å²) in [7, 11) is 0. The smallest absolute Gasteiger partial charge is 0.303 e. The standard InChI is InChI=1S/C12H18O3/c1-2-3-4-5-10-9(8-12(14)15)6-7-11(10)13/h3-4,9-10H,2,5-8H2,1H3,(H,14,15)/b4-3-/t9?,10-/m1/s1. The molecule has 3 nitrogen and oxygen atoms in total. The van der Waals surface area contributed by atoms with Crippen molar-refractivity contribution in [2.24, 2.45) is 11.8 Å². The lowest BCUT2D eigenvalue weighted by molar-refractivity contribution is -0.138. The molecule has 0 aromatic heterocycles. The zero-order valence-electron chi connectivity index (χ0n) is 9.11. The Balaban J connectivity index is 2.52. The molecule has 0 amide bonds. The monoisotopic (exact) mass is 210 g/mol. The van der Waals surface area contributed by atoms with Gasteiger partial charge in [-0.3, -0.25) is 9.59 Å². The minimum Gasteiger partial charge on any atom is -0.481 e. The molecule has 3 heteroatoms. The van der Waals surface area contributed by atoms with Crippen LogP contribution in [0, 0.1) is 11.8 Å². The summed E-state index contributed by atoms with van der Waals surface area (Å²) in [5.74, 6) is -0.554. The maximum Gasteiger partial charge on any atom is 0.303 e. The fourth-order valence-electron chi connectivity index (χ4n) is 2.18. The van der Waals surface area contributed by atoms with E-state index in [1.54, 1.807) is 0 Å². The van der Waals surface area contributed by atoms with Crippen LogP contribution in [-0.2, 0) is 9.59 Å². The van der Waals surface area contributed by atoms with Crippen LogP contribution in [0.3, 0.4) is 0 Å². The lowest BCUT2D eigenvalue weighted by Gasteiger charge is -2.14. The third kappa shape index (κ3) is 3.50. The zero-order valence-corrected chi connectivity index (χ0v) is 9.11. The van der Waals surface area contributed by atoms with Gasteiger partial charge < -0.3 is 5.11 Å². The van der Waals surface area contributed by atoms with Crippen LogP contribution in [0.2, 0.25) is 0 Å². The molecule has 0 aromatic carbocycles. The average molecular weight is 210 g/mol. The van der Waals surface area contributed by atoms with E-state index in [-0.39, 0.29) is 24.0 Å². The molecule has 84 valence electrons. The Bertz CT molecular complexity index is 268. The van der Waals surface area contributed by atoms with Gasteiger partial charge in [0, 0.05) is 18.8 Å². The van der Waals surface area contributed by atoms with Crippen LogP contribution >= 0.6 is 0 Å². The second-order valence-electron chi connectivity index (χ2n) is 4.08. The Kier molecular flexibility index (Phi) is 4.53. The predicted molar refractivity (Wildman–Crippen MR) is 57.5 cm³/mol. The van der Waals surface area contributed by atoms with Gasteiger partial charge in [0.05, 0.1) is 0 Å². The summed E-state index contributed by atoms with van der Waals surface area (Å²) >= 11 is 0. The fourth-order valence-corrected chi connectivity index (χ4v) is 2.18. The summed E-state index contributed by atoms with van der Waals surface area (Å²) in [4.78, 5) is 22.1. The number of hydrogen-bond donors (Lipinski definition) is 1. The molecular formula is C12H18O3. The number of carboxylic acids is 1. The highest BCUT2D eigenvalue weighted by Gasteiger charge is 2.34. The highest BCUT2D eigenvalue weighted by molar-refractivity contribution is 5.84. The largest absolute Gasteiger partial charge is 0.481 e. The van der Waals surface area contributed by atoms with Crippen LogP contribution in [-0.4, -0.2) is 16.9 Å². The van der Waals surface area contributed by atoms with Gasteiger partial charge in [0.2, 0.25) is 0 Å². The van der Waals surface area contributed by atoms with Crippen LogP contribution in [0.5, 0.6) is 0 Å². The van der Waals surface area contributed by atoms with Gasteiger partial charge in [-0.25, -0.2) is 0 Å². The molecular weight excluding hydrogens is 192 g/mol. The van der Waals surface area contributed by atoms with Crippen LogP contribution in [0.25, 0.3) is 0 Å². The Morgan fingerprint density at radius 2 is 2.27 bits per heavy atom. The number of allylic oxidation sites excluding steroid dienone is 2. The minimum absolute atomic E-state index is 0.0519. The molecule has 1 saturated carbocycles. The van der Waals surface area contributed by atoms with Crippen molar-refractivity contribution in [2.45, 2.75) is 39.0 Å². The van der Waals surface area contributed by atoms with Crippen LogP contribution in [0.15, 0.2) is 12.2 Å². The van der Waals surface area contributed by atoms with Gasteiger partial charge in [0.1, 0.15) is 5.78 Å². The summed E-state index contributed by atoms with van der Waals surface area (Å²) in [6.07, 6.45) is 7.15. The van der Waals surface area contributed by atoms with E-state index in [2.05, 4.69) is 0 Å². The van der Waals surface area contributed by atoms with E-state index in [0.29, 0.717) is 12.8 Å². The van der Waals surface area contributed by atoms with E-state index in [1.807, 2.05) is 19.1 Å². The summed E-state index contributed by atoms with van der Waals surface area (Å²) in [5, 5.41) is 8.72. The molecule has 1 N–H and O–H groups in total. The Labute approximate surface area is 90.2 Å². The summed E-state index contributed by atoms with van der Waals surface area (Å²) in [6, 6.07) is 0. The topological polar surface area (TPSA) is 54.4 Å². The van der Waals surface area contributed by atoms with Crippen molar-refractivity contribution in [1.29, 1.82) is 0 Å². The Hall–Kier alpha value is -1.12. The van der Waals surface area contributed by atoms with E-state index in [1.165, 1.54) is 0 Å². The predicted octanol–water partition coefficient (Wildman–Crippen LogP) is 2.41. The van der Waals surface area contributed by atoms with Gasteiger partial charge in [0.25, 0.3) is 0 Å². The first-order chi connectivity index (χ1) is 7.15. The number of carbonyl (C=O) groups is 2. The normalized spacial score (nSPS) is 26.3. The molecule has 1 rings (SSSR count). The van der Waals surface area contributed by atoms with Gasteiger partial charge in [-0.2, -0.15) is 0 Å². The summed E-state index contributed by atoms with van der Waals surface area (Å²) in [6.45, 7) is 2.04. The third-order valence-corrected chi connectivity index (χ3v) is 2.97. The molecule has 1 aliphatic carbocycles. The highest BCUT2D eigenvalue weighted by Crippen LogP contribution is 2.33. The zero-order chi connectivity index (χ0) is 11.3. The number of ketones is 1. The number of aliphatic carboxylic acids is 1. The quantitative estimate of drug-likeness (QED) is 0.709. The highest BCUT2D eigenvalue weighted by atomic mass is 16.4. The Morgan fingerprint density at radius 3 is 2.87 bits per heavy atom. The molecule has 1 aliphatic rings. The molecule has 0 bridgehead atoms. The van der Waals surface area contributed by atoms with Crippen molar-refractivity contribution in [1.82, 2.24) is 0 Å². The van der Waals surface area contributed by atoms with E-state index in [0.717, 1.165) is 12.8 Å². The van der Waals surface area contributed by atoms with Crippen molar-refractivity contribution in [2.75, 3.05) is 0 Å². The van der Waals surface area contributed by atoms with Crippen molar-refractivity contribution in [3.05, 3.63) is 12.2 Å². The minimum atomic E-state index is -0.792.